The van der Waals surface area contributed by atoms with Gasteiger partial charge in [-0.1, -0.05) is 87.5 Å². The number of benzene rings is 1. The Morgan fingerprint density at radius 1 is 1.00 bits per heavy atom. The molecule has 0 aliphatic heterocycles. The van der Waals surface area contributed by atoms with Gasteiger partial charge in [-0.05, 0) is 29.7 Å². The zero-order valence-electron chi connectivity index (χ0n) is 15.3. The van der Waals surface area contributed by atoms with Crippen LogP contribution in [0.1, 0.15) is 41.0 Å². The number of allylic oxidation sites excluding steroid dienone is 2. The third kappa shape index (κ3) is 2.66. The SMILES string of the molecule is CC1CC(C)(NC2C=CC=C2)C(C)(C)C1(C)[SiH2]c1ccccc1. The van der Waals surface area contributed by atoms with Gasteiger partial charge in [0.15, 0.2) is 0 Å². The molecule has 0 heterocycles. The average molecular weight is 326 g/mol. The first-order valence-corrected chi connectivity index (χ1v) is 10.4. The van der Waals surface area contributed by atoms with Crippen LogP contribution in [-0.4, -0.2) is 21.1 Å². The molecular formula is C21H31NSi. The van der Waals surface area contributed by atoms with Gasteiger partial charge in [-0.25, -0.2) is 0 Å². The second kappa shape index (κ2) is 5.75. The van der Waals surface area contributed by atoms with E-state index < -0.39 is 0 Å². The highest BCUT2D eigenvalue weighted by atomic mass is 28.2. The Labute approximate surface area is 144 Å². The molecular weight excluding hydrogens is 294 g/mol. The molecule has 2 aliphatic rings. The fraction of sp³-hybridized carbons (Fsp3) is 0.524. The molecule has 1 N–H and O–H groups in total. The molecule has 1 fully saturated rings. The summed E-state index contributed by atoms with van der Waals surface area (Å²) < 4.78 is 0. The van der Waals surface area contributed by atoms with Gasteiger partial charge in [0.05, 0.1) is 9.52 Å². The van der Waals surface area contributed by atoms with E-state index in [-0.39, 0.29) is 20.5 Å². The van der Waals surface area contributed by atoms with Crippen molar-refractivity contribution in [3.05, 3.63) is 54.6 Å². The molecule has 2 heteroatoms. The zero-order valence-corrected chi connectivity index (χ0v) is 16.7. The fourth-order valence-electron chi connectivity index (χ4n) is 4.89. The first kappa shape index (κ1) is 16.7. The zero-order chi connectivity index (χ0) is 16.7. The van der Waals surface area contributed by atoms with Crippen LogP contribution in [0.5, 0.6) is 0 Å². The standard InChI is InChI=1S/C21H31NSi/c1-16-15-20(4,22-17-11-9-10-12-17)19(2,3)21(16,5)23-18-13-7-6-8-14-18/h6-14,16-17,22H,15,23H2,1-5H3. The van der Waals surface area contributed by atoms with Gasteiger partial charge in [0.1, 0.15) is 0 Å². The number of hydrogen-bond donors (Lipinski definition) is 1. The summed E-state index contributed by atoms with van der Waals surface area (Å²) >= 11 is 0. The highest BCUT2D eigenvalue weighted by Gasteiger charge is 2.61. The summed E-state index contributed by atoms with van der Waals surface area (Å²) in [5, 5.41) is 5.98. The van der Waals surface area contributed by atoms with Crippen molar-refractivity contribution in [3.8, 4) is 0 Å². The minimum Gasteiger partial charge on any atom is -0.301 e. The lowest BCUT2D eigenvalue weighted by molar-refractivity contribution is 0.139. The van der Waals surface area contributed by atoms with Crippen molar-refractivity contribution < 1.29 is 0 Å². The maximum atomic E-state index is 3.96. The van der Waals surface area contributed by atoms with Crippen molar-refractivity contribution in [1.29, 1.82) is 0 Å². The minimum absolute atomic E-state index is 0.173. The van der Waals surface area contributed by atoms with Gasteiger partial charge in [-0.15, -0.1) is 0 Å². The van der Waals surface area contributed by atoms with E-state index in [9.17, 15) is 0 Å². The molecule has 0 bridgehead atoms. The maximum absolute atomic E-state index is 3.96. The van der Waals surface area contributed by atoms with Crippen LogP contribution in [0.2, 0.25) is 5.04 Å². The van der Waals surface area contributed by atoms with Gasteiger partial charge >= 0.3 is 0 Å². The van der Waals surface area contributed by atoms with Gasteiger partial charge in [0.25, 0.3) is 0 Å². The molecule has 124 valence electrons. The Morgan fingerprint density at radius 2 is 1.61 bits per heavy atom. The van der Waals surface area contributed by atoms with Gasteiger partial charge < -0.3 is 5.32 Å². The van der Waals surface area contributed by atoms with E-state index in [1.165, 1.54) is 6.42 Å². The van der Waals surface area contributed by atoms with E-state index in [2.05, 4.69) is 94.6 Å². The molecule has 1 nitrogen and oxygen atoms in total. The van der Waals surface area contributed by atoms with Crippen LogP contribution in [0.15, 0.2) is 54.6 Å². The number of hydrogen-bond acceptors (Lipinski definition) is 1. The lowest BCUT2D eigenvalue weighted by Crippen LogP contribution is -2.56. The molecule has 0 saturated heterocycles. The molecule has 0 radical (unpaired) electrons. The lowest BCUT2D eigenvalue weighted by atomic mass is 9.70. The van der Waals surface area contributed by atoms with E-state index in [0.29, 0.717) is 11.1 Å². The molecule has 0 aromatic heterocycles. The smallest absolute Gasteiger partial charge is 0.0615 e. The molecule has 3 atom stereocenters. The normalized spacial score (nSPS) is 36.5. The molecule has 3 rings (SSSR count). The van der Waals surface area contributed by atoms with E-state index in [4.69, 9.17) is 0 Å². The molecule has 0 spiro atoms. The minimum atomic E-state index is -0.359. The Balaban J connectivity index is 1.89. The summed E-state index contributed by atoms with van der Waals surface area (Å²) in [4.78, 5) is 0. The van der Waals surface area contributed by atoms with E-state index in [1.807, 2.05) is 0 Å². The van der Waals surface area contributed by atoms with Gasteiger partial charge in [0.2, 0.25) is 0 Å². The monoisotopic (exact) mass is 325 g/mol. The first-order chi connectivity index (χ1) is 10.8. The van der Waals surface area contributed by atoms with Crippen LogP contribution in [0.4, 0.5) is 0 Å². The summed E-state index contributed by atoms with van der Waals surface area (Å²) in [5.74, 6) is 0.747. The number of nitrogens with one attached hydrogen (secondary N) is 1. The Hall–Kier alpha value is -1.12. The van der Waals surface area contributed by atoms with Crippen molar-refractivity contribution >= 4 is 14.7 Å². The predicted molar refractivity (Wildman–Crippen MR) is 104 cm³/mol. The third-order valence-corrected chi connectivity index (χ3v) is 10.5. The summed E-state index contributed by atoms with van der Waals surface area (Å²) in [6.45, 7) is 12.5. The van der Waals surface area contributed by atoms with Gasteiger partial charge in [-0.3, -0.25) is 0 Å². The quantitative estimate of drug-likeness (QED) is 0.835. The molecule has 1 saturated carbocycles. The van der Waals surface area contributed by atoms with Crippen LogP contribution in [0, 0.1) is 11.3 Å². The number of rotatable bonds is 4. The Morgan fingerprint density at radius 3 is 2.22 bits per heavy atom. The molecule has 0 amide bonds. The molecule has 1 aromatic rings. The van der Waals surface area contributed by atoms with Crippen LogP contribution in [0.3, 0.4) is 0 Å². The maximum Gasteiger partial charge on any atom is 0.0615 e. The van der Waals surface area contributed by atoms with Crippen molar-refractivity contribution in [1.82, 2.24) is 5.32 Å². The summed E-state index contributed by atoms with van der Waals surface area (Å²) in [5.41, 5.74) is 0.443. The lowest BCUT2D eigenvalue weighted by Gasteiger charge is -2.49. The summed E-state index contributed by atoms with van der Waals surface area (Å²) in [7, 11) is -0.359. The highest BCUT2D eigenvalue weighted by molar-refractivity contribution is 6.57. The van der Waals surface area contributed by atoms with E-state index >= 15 is 0 Å². The van der Waals surface area contributed by atoms with Crippen LogP contribution in [0.25, 0.3) is 0 Å². The second-order valence-corrected chi connectivity index (χ2v) is 11.2. The van der Waals surface area contributed by atoms with Crippen molar-refractivity contribution in [2.45, 2.75) is 57.7 Å². The highest BCUT2D eigenvalue weighted by Crippen LogP contribution is 2.65. The van der Waals surface area contributed by atoms with Crippen molar-refractivity contribution in [3.63, 3.8) is 0 Å². The van der Waals surface area contributed by atoms with Gasteiger partial charge in [0, 0.05) is 11.6 Å². The van der Waals surface area contributed by atoms with Crippen molar-refractivity contribution in [2.24, 2.45) is 11.3 Å². The molecule has 23 heavy (non-hydrogen) atoms. The molecule has 1 aromatic carbocycles. The Bertz CT molecular complexity index is 606. The van der Waals surface area contributed by atoms with Gasteiger partial charge in [-0.2, -0.15) is 0 Å². The van der Waals surface area contributed by atoms with Crippen LogP contribution < -0.4 is 10.5 Å². The second-order valence-electron chi connectivity index (χ2n) is 8.58. The van der Waals surface area contributed by atoms with Crippen LogP contribution >= 0.6 is 0 Å². The first-order valence-electron chi connectivity index (χ1n) is 8.95. The van der Waals surface area contributed by atoms with E-state index in [0.717, 1.165) is 5.92 Å². The Kier molecular flexibility index (Phi) is 4.18. The van der Waals surface area contributed by atoms with Crippen LogP contribution in [-0.2, 0) is 0 Å². The predicted octanol–water partition coefficient (Wildman–Crippen LogP) is 3.57. The molecule has 3 unspecified atom stereocenters. The largest absolute Gasteiger partial charge is 0.301 e. The molecule has 2 aliphatic carbocycles. The fourth-order valence-corrected chi connectivity index (χ4v) is 7.57. The van der Waals surface area contributed by atoms with E-state index in [1.54, 1.807) is 5.19 Å². The third-order valence-electron chi connectivity index (χ3n) is 7.26. The topological polar surface area (TPSA) is 12.0 Å². The summed E-state index contributed by atoms with van der Waals surface area (Å²) in [6.07, 6.45) is 10.1. The summed E-state index contributed by atoms with van der Waals surface area (Å²) in [6, 6.07) is 11.6. The average Bonchev–Trinajstić information content (AvgIpc) is 3.03. The van der Waals surface area contributed by atoms with Crippen molar-refractivity contribution in [2.75, 3.05) is 0 Å².